The Morgan fingerprint density at radius 2 is 2.18 bits per heavy atom. The molecule has 0 aliphatic heterocycles. The molecule has 0 aromatic carbocycles. The first kappa shape index (κ1) is 11.7. The van der Waals surface area contributed by atoms with Crippen molar-refractivity contribution in [3.63, 3.8) is 0 Å². The Morgan fingerprint density at radius 1 is 1.35 bits per heavy atom. The van der Waals surface area contributed by atoms with E-state index < -0.39 is 0 Å². The number of ether oxygens (including phenoxy) is 1. The smallest absolute Gasteiger partial charge is 0.235 e. The summed E-state index contributed by atoms with van der Waals surface area (Å²) < 4.78 is 6.95. The highest BCUT2D eigenvalue weighted by Crippen LogP contribution is 2.16. The maximum absolute atomic E-state index is 5.94. The molecule has 0 fully saturated rings. The van der Waals surface area contributed by atoms with Gasteiger partial charge in [0.1, 0.15) is 5.82 Å². The summed E-state index contributed by atoms with van der Waals surface area (Å²) in [5.74, 6) is 1.17. The molecule has 2 N–H and O–H groups in total. The molecule has 0 saturated carbocycles. The number of rotatable bonds is 5. The van der Waals surface area contributed by atoms with Crippen LogP contribution in [0.25, 0.3) is 5.65 Å². The molecule has 0 radical (unpaired) electrons. The van der Waals surface area contributed by atoms with Crippen molar-refractivity contribution in [3.05, 3.63) is 17.8 Å². The number of fused-ring (bicyclic) bond motifs is 1. The molecule has 0 bridgehead atoms. The summed E-state index contributed by atoms with van der Waals surface area (Å²) in [6, 6.07) is 3.70. The minimum atomic E-state index is 0.569. The quantitative estimate of drug-likeness (QED) is 0.860. The topological polar surface area (TPSA) is 65.4 Å². The Morgan fingerprint density at radius 3 is 2.88 bits per heavy atom. The average molecular weight is 234 g/mol. The molecule has 2 aromatic rings. The van der Waals surface area contributed by atoms with Crippen LogP contribution in [-0.2, 0) is 6.42 Å². The number of nitrogens with zero attached hydrogens (tertiary/aromatic N) is 3. The summed E-state index contributed by atoms with van der Waals surface area (Å²) in [7, 11) is 0. The predicted octanol–water partition coefficient (Wildman–Crippen LogP) is 2.05. The van der Waals surface area contributed by atoms with Crippen molar-refractivity contribution >= 4 is 11.5 Å². The molecule has 2 rings (SSSR count). The van der Waals surface area contributed by atoms with Crippen LogP contribution in [-0.4, -0.2) is 21.2 Å². The average Bonchev–Trinajstić information content (AvgIpc) is 2.70. The Balaban J connectivity index is 2.35. The van der Waals surface area contributed by atoms with E-state index in [1.807, 2.05) is 19.1 Å². The third-order valence-corrected chi connectivity index (χ3v) is 2.56. The maximum atomic E-state index is 5.94. The van der Waals surface area contributed by atoms with E-state index in [9.17, 15) is 0 Å². The van der Waals surface area contributed by atoms with Crippen LogP contribution in [0.2, 0.25) is 0 Å². The number of nitrogen functional groups attached to an aromatic ring is 1. The van der Waals surface area contributed by atoms with Gasteiger partial charge in [0.25, 0.3) is 0 Å². The highest BCUT2D eigenvalue weighted by atomic mass is 16.5. The van der Waals surface area contributed by atoms with E-state index in [1.165, 1.54) is 0 Å². The molecule has 0 saturated heterocycles. The first-order valence-corrected chi connectivity index (χ1v) is 6.02. The Bertz CT molecular complexity index is 506. The summed E-state index contributed by atoms with van der Waals surface area (Å²) in [4.78, 5) is 4.52. The molecule has 0 spiro atoms. The van der Waals surface area contributed by atoms with Crippen LogP contribution < -0.4 is 10.5 Å². The molecule has 92 valence electrons. The van der Waals surface area contributed by atoms with Gasteiger partial charge in [0.2, 0.25) is 5.88 Å². The summed E-state index contributed by atoms with van der Waals surface area (Å²) in [6.07, 6.45) is 3.22. The van der Waals surface area contributed by atoms with Gasteiger partial charge >= 0.3 is 0 Å². The van der Waals surface area contributed by atoms with Gasteiger partial charge in [-0.25, -0.2) is 4.98 Å². The minimum absolute atomic E-state index is 0.569. The van der Waals surface area contributed by atoms with Gasteiger partial charge in [0.15, 0.2) is 5.65 Å². The van der Waals surface area contributed by atoms with Crippen LogP contribution in [0, 0.1) is 0 Å². The van der Waals surface area contributed by atoms with Crippen molar-refractivity contribution in [2.75, 3.05) is 12.3 Å². The fourth-order valence-electron chi connectivity index (χ4n) is 1.74. The lowest BCUT2D eigenvalue weighted by atomic mass is 10.2. The van der Waals surface area contributed by atoms with Gasteiger partial charge in [0, 0.05) is 17.8 Å². The van der Waals surface area contributed by atoms with Gasteiger partial charge in [-0.15, -0.1) is 5.10 Å². The van der Waals surface area contributed by atoms with Crippen molar-refractivity contribution in [1.82, 2.24) is 14.6 Å². The van der Waals surface area contributed by atoms with Gasteiger partial charge in [0.05, 0.1) is 6.61 Å². The lowest BCUT2D eigenvalue weighted by Gasteiger charge is -2.02. The second kappa shape index (κ2) is 5.03. The fourth-order valence-corrected chi connectivity index (χ4v) is 1.74. The number of hydrogen-bond acceptors (Lipinski definition) is 4. The van der Waals surface area contributed by atoms with E-state index in [2.05, 4.69) is 17.0 Å². The third kappa shape index (κ3) is 2.49. The third-order valence-electron chi connectivity index (χ3n) is 2.56. The molecular weight excluding hydrogens is 216 g/mol. The molecule has 0 unspecified atom stereocenters. The van der Waals surface area contributed by atoms with Crippen LogP contribution >= 0.6 is 0 Å². The van der Waals surface area contributed by atoms with Crippen molar-refractivity contribution in [2.45, 2.75) is 33.1 Å². The lowest BCUT2D eigenvalue weighted by molar-refractivity contribution is 0.325. The Hall–Kier alpha value is -1.78. The van der Waals surface area contributed by atoms with E-state index in [1.54, 1.807) is 4.52 Å². The van der Waals surface area contributed by atoms with Gasteiger partial charge in [-0.05, 0) is 19.8 Å². The Labute approximate surface area is 101 Å². The predicted molar refractivity (Wildman–Crippen MR) is 67.2 cm³/mol. The maximum Gasteiger partial charge on any atom is 0.235 e. The van der Waals surface area contributed by atoms with Gasteiger partial charge in [-0.3, -0.25) is 0 Å². The molecule has 5 heteroatoms. The van der Waals surface area contributed by atoms with Gasteiger partial charge in [-0.2, -0.15) is 4.52 Å². The number of hydrogen-bond donors (Lipinski definition) is 1. The molecule has 5 nitrogen and oxygen atoms in total. The van der Waals surface area contributed by atoms with E-state index >= 15 is 0 Å². The molecule has 2 heterocycles. The van der Waals surface area contributed by atoms with Crippen LogP contribution in [0.15, 0.2) is 12.1 Å². The van der Waals surface area contributed by atoms with E-state index in [4.69, 9.17) is 10.5 Å². The first-order valence-electron chi connectivity index (χ1n) is 6.02. The highest BCUT2D eigenvalue weighted by Gasteiger charge is 2.07. The standard InChI is InChI=1S/C12H18N4O/c1-3-5-6-9-7-10(13)16-11(14-9)8-12(15-16)17-4-2/h7-8H,3-6,13H2,1-2H3. The lowest BCUT2D eigenvalue weighted by Crippen LogP contribution is -2.03. The van der Waals surface area contributed by atoms with Crippen LogP contribution in [0.4, 0.5) is 5.82 Å². The summed E-state index contributed by atoms with van der Waals surface area (Å²) in [5, 5.41) is 4.23. The number of aryl methyl sites for hydroxylation is 1. The number of unbranched alkanes of at least 4 members (excludes halogenated alkanes) is 1. The monoisotopic (exact) mass is 234 g/mol. The summed E-state index contributed by atoms with van der Waals surface area (Å²) in [5.41, 5.74) is 7.71. The zero-order valence-corrected chi connectivity index (χ0v) is 10.3. The number of aromatic nitrogens is 3. The molecule has 0 aliphatic carbocycles. The zero-order valence-electron chi connectivity index (χ0n) is 10.3. The minimum Gasteiger partial charge on any atom is -0.477 e. The zero-order chi connectivity index (χ0) is 12.3. The summed E-state index contributed by atoms with van der Waals surface area (Å²) in [6.45, 7) is 4.67. The van der Waals surface area contributed by atoms with Crippen molar-refractivity contribution in [3.8, 4) is 5.88 Å². The molecule has 2 aromatic heterocycles. The van der Waals surface area contributed by atoms with E-state index in [0.717, 1.165) is 30.6 Å². The Kier molecular flexibility index (Phi) is 3.46. The van der Waals surface area contributed by atoms with Crippen LogP contribution in [0.5, 0.6) is 5.88 Å². The highest BCUT2D eigenvalue weighted by molar-refractivity contribution is 5.49. The summed E-state index contributed by atoms with van der Waals surface area (Å²) >= 11 is 0. The van der Waals surface area contributed by atoms with Crippen molar-refractivity contribution in [1.29, 1.82) is 0 Å². The SMILES string of the molecule is CCCCc1cc(N)n2nc(OCC)cc2n1. The van der Waals surface area contributed by atoms with Crippen LogP contribution in [0.1, 0.15) is 32.4 Å². The molecule has 0 atom stereocenters. The normalized spacial score (nSPS) is 10.9. The van der Waals surface area contributed by atoms with E-state index in [-0.39, 0.29) is 0 Å². The van der Waals surface area contributed by atoms with Gasteiger partial charge < -0.3 is 10.5 Å². The second-order valence-electron chi connectivity index (χ2n) is 3.96. The van der Waals surface area contributed by atoms with Crippen molar-refractivity contribution < 1.29 is 4.74 Å². The first-order chi connectivity index (χ1) is 8.24. The fraction of sp³-hybridized carbons (Fsp3) is 0.500. The van der Waals surface area contributed by atoms with E-state index in [0.29, 0.717) is 18.3 Å². The molecule has 0 amide bonds. The van der Waals surface area contributed by atoms with Crippen LogP contribution in [0.3, 0.4) is 0 Å². The number of nitrogens with two attached hydrogens (primary N) is 1. The molecule has 17 heavy (non-hydrogen) atoms. The largest absolute Gasteiger partial charge is 0.477 e. The van der Waals surface area contributed by atoms with Crippen molar-refractivity contribution in [2.24, 2.45) is 0 Å². The van der Waals surface area contributed by atoms with Gasteiger partial charge in [-0.1, -0.05) is 13.3 Å². The second-order valence-corrected chi connectivity index (χ2v) is 3.96. The molecule has 0 aliphatic rings. The number of anilines is 1. The molecular formula is C12H18N4O.